The fourth-order valence-electron chi connectivity index (χ4n) is 2.81. The maximum Gasteiger partial charge on any atom is 0.243 e. The van der Waals surface area contributed by atoms with Crippen LogP contribution < -0.4 is 5.73 Å². The molecule has 1 aliphatic rings. The standard InChI is InChI=1S/C15H22N2O2S2/c1-11-9-12(14(16)20)5-6-13(11)21(18,19)17-8-4-7-15(2,3)10-17/h5-6,9H,4,7-8,10H2,1-3H3,(H2,16,20). The molecule has 0 unspecified atom stereocenters. The maximum absolute atomic E-state index is 12.8. The zero-order valence-corrected chi connectivity index (χ0v) is 14.4. The molecule has 1 fully saturated rings. The highest BCUT2D eigenvalue weighted by Gasteiger charge is 2.34. The van der Waals surface area contributed by atoms with E-state index in [1.165, 1.54) is 0 Å². The Morgan fingerprint density at radius 1 is 1.38 bits per heavy atom. The van der Waals surface area contributed by atoms with Gasteiger partial charge in [0.25, 0.3) is 0 Å². The van der Waals surface area contributed by atoms with Crippen molar-refractivity contribution >= 4 is 27.2 Å². The van der Waals surface area contributed by atoms with Gasteiger partial charge in [-0.1, -0.05) is 32.1 Å². The average molecular weight is 326 g/mol. The van der Waals surface area contributed by atoms with Crippen LogP contribution in [0.15, 0.2) is 23.1 Å². The quantitative estimate of drug-likeness (QED) is 0.867. The Morgan fingerprint density at radius 2 is 2.05 bits per heavy atom. The van der Waals surface area contributed by atoms with Crippen LogP contribution in [-0.2, 0) is 10.0 Å². The van der Waals surface area contributed by atoms with Gasteiger partial charge in [0.2, 0.25) is 10.0 Å². The third-order valence-electron chi connectivity index (χ3n) is 3.94. The van der Waals surface area contributed by atoms with Crippen molar-refractivity contribution in [1.82, 2.24) is 4.31 Å². The van der Waals surface area contributed by atoms with Gasteiger partial charge >= 0.3 is 0 Å². The van der Waals surface area contributed by atoms with E-state index >= 15 is 0 Å². The molecule has 0 amide bonds. The van der Waals surface area contributed by atoms with E-state index in [2.05, 4.69) is 13.8 Å². The monoisotopic (exact) mass is 326 g/mol. The molecule has 1 aromatic rings. The van der Waals surface area contributed by atoms with Gasteiger partial charge in [-0.05, 0) is 42.9 Å². The van der Waals surface area contributed by atoms with Gasteiger partial charge in [-0.3, -0.25) is 0 Å². The lowest BCUT2D eigenvalue weighted by Crippen LogP contribution is -2.43. The number of thiocarbonyl (C=S) groups is 1. The smallest absolute Gasteiger partial charge is 0.243 e. The Morgan fingerprint density at radius 3 is 2.57 bits per heavy atom. The molecule has 1 aliphatic heterocycles. The van der Waals surface area contributed by atoms with Crippen LogP contribution in [0.25, 0.3) is 0 Å². The number of piperidine rings is 1. The molecule has 0 bridgehead atoms. The van der Waals surface area contributed by atoms with Crippen molar-refractivity contribution in [2.45, 2.75) is 38.5 Å². The first-order chi connectivity index (χ1) is 9.63. The van der Waals surface area contributed by atoms with E-state index in [0.717, 1.165) is 12.8 Å². The van der Waals surface area contributed by atoms with Gasteiger partial charge < -0.3 is 5.73 Å². The first-order valence-electron chi connectivity index (χ1n) is 7.04. The largest absolute Gasteiger partial charge is 0.389 e. The Labute approximate surface area is 132 Å². The van der Waals surface area contributed by atoms with Gasteiger partial charge in [-0.2, -0.15) is 4.31 Å². The number of rotatable bonds is 3. The van der Waals surface area contributed by atoms with Crippen molar-refractivity contribution in [1.29, 1.82) is 0 Å². The van der Waals surface area contributed by atoms with Crippen molar-refractivity contribution in [3.63, 3.8) is 0 Å². The number of benzene rings is 1. The Kier molecular flexibility index (Phi) is 4.42. The summed E-state index contributed by atoms with van der Waals surface area (Å²) in [4.78, 5) is 0.626. The summed E-state index contributed by atoms with van der Waals surface area (Å²) >= 11 is 4.93. The first-order valence-corrected chi connectivity index (χ1v) is 8.89. The zero-order valence-electron chi connectivity index (χ0n) is 12.7. The average Bonchev–Trinajstić information content (AvgIpc) is 2.36. The van der Waals surface area contributed by atoms with Crippen LogP contribution >= 0.6 is 12.2 Å². The van der Waals surface area contributed by atoms with E-state index in [-0.39, 0.29) is 10.4 Å². The fourth-order valence-corrected chi connectivity index (χ4v) is 4.81. The number of hydrogen-bond acceptors (Lipinski definition) is 3. The minimum absolute atomic E-state index is 0.0258. The molecule has 0 atom stereocenters. The molecule has 6 heteroatoms. The summed E-state index contributed by atoms with van der Waals surface area (Å²) in [7, 11) is -3.46. The molecule has 0 aromatic heterocycles. The molecule has 116 valence electrons. The van der Waals surface area contributed by atoms with Crippen LogP contribution in [0, 0.1) is 12.3 Å². The summed E-state index contributed by atoms with van der Waals surface area (Å²) in [6.07, 6.45) is 1.95. The lowest BCUT2D eigenvalue weighted by Gasteiger charge is -2.37. The van der Waals surface area contributed by atoms with Gasteiger partial charge in [0.1, 0.15) is 4.99 Å². The molecule has 4 nitrogen and oxygen atoms in total. The summed E-state index contributed by atoms with van der Waals surface area (Å²) in [6.45, 7) is 7.15. The predicted octanol–water partition coefficient (Wildman–Crippen LogP) is 2.44. The van der Waals surface area contributed by atoms with E-state index in [1.807, 2.05) is 0 Å². The summed E-state index contributed by atoms with van der Waals surface area (Å²) < 4.78 is 27.3. The second-order valence-corrected chi connectivity index (χ2v) is 8.80. The van der Waals surface area contributed by atoms with E-state index in [1.54, 1.807) is 29.4 Å². The second kappa shape index (κ2) is 5.66. The summed E-state index contributed by atoms with van der Waals surface area (Å²) in [6, 6.07) is 5.03. The number of hydrogen-bond donors (Lipinski definition) is 1. The molecule has 1 saturated heterocycles. The second-order valence-electron chi connectivity index (χ2n) is 6.45. The lowest BCUT2D eigenvalue weighted by atomic mass is 9.85. The molecule has 0 spiro atoms. The van der Waals surface area contributed by atoms with E-state index in [0.29, 0.717) is 29.1 Å². The SMILES string of the molecule is Cc1cc(C(N)=S)ccc1S(=O)(=O)N1CCCC(C)(C)C1. The molecule has 0 radical (unpaired) electrons. The summed E-state index contributed by atoms with van der Waals surface area (Å²) in [5.41, 5.74) is 7.00. The normalized spacial score (nSPS) is 19.4. The van der Waals surface area contributed by atoms with Crippen molar-refractivity contribution < 1.29 is 8.42 Å². The van der Waals surface area contributed by atoms with E-state index < -0.39 is 10.0 Å². The van der Waals surface area contributed by atoms with Crippen LogP contribution in [-0.4, -0.2) is 30.8 Å². The van der Waals surface area contributed by atoms with Crippen molar-refractivity contribution in [2.75, 3.05) is 13.1 Å². The third-order valence-corrected chi connectivity index (χ3v) is 6.18. The zero-order chi connectivity index (χ0) is 15.8. The van der Waals surface area contributed by atoms with Gasteiger partial charge in [0.05, 0.1) is 4.90 Å². The van der Waals surface area contributed by atoms with Crippen molar-refractivity contribution in [3.05, 3.63) is 29.3 Å². The van der Waals surface area contributed by atoms with Gasteiger partial charge in [-0.25, -0.2) is 8.42 Å². The molecular formula is C15H22N2O2S2. The molecule has 1 aromatic carbocycles. The van der Waals surface area contributed by atoms with E-state index in [9.17, 15) is 8.42 Å². The molecule has 0 saturated carbocycles. The lowest BCUT2D eigenvalue weighted by molar-refractivity contribution is 0.187. The maximum atomic E-state index is 12.8. The van der Waals surface area contributed by atoms with Crippen LogP contribution in [0.5, 0.6) is 0 Å². The van der Waals surface area contributed by atoms with Crippen LogP contribution in [0.2, 0.25) is 0 Å². The van der Waals surface area contributed by atoms with Gasteiger partial charge in [0.15, 0.2) is 0 Å². The Hall–Kier alpha value is -0.980. The van der Waals surface area contributed by atoms with E-state index in [4.69, 9.17) is 18.0 Å². The number of aryl methyl sites for hydroxylation is 1. The highest BCUT2D eigenvalue weighted by Crippen LogP contribution is 2.32. The number of nitrogens with zero attached hydrogens (tertiary/aromatic N) is 1. The van der Waals surface area contributed by atoms with Gasteiger partial charge in [0, 0.05) is 18.7 Å². The Balaban J connectivity index is 2.38. The molecule has 0 aliphatic carbocycles. The summed E-state index contributed by atoms with van der Waals surface area (Å²) in [5, 5.41) is 0. The highest BCUT2D eigenvalue weighted by molar-refractivity contribution is 7.89. The summed E-state index contributed by atoms with van der Waals surface area (Å²) in [5.74, 6) is 0. The molecular weight excluding hydrogens is 304 g/mol. The van der Waals surface area contributed by atoms with Crippen LogP contribution in [0.4, 0.5) is 0 Å². The molecule has 2 rings (SSSR count). The highest BCUT2D eigenvalue weighted by atomic mass is 32.2. The first kappa shape index (κ1) is 16.4. The van der Waals surface area contributed by atoms with Crippen LogP contribution in [0.3, 0.4) is 0 Å². The van der Waals surface area contributed by atoms with Gasteiger partial charge in [-0.15, -0.1) is 0 Å². The molecule has 2 N–H and O–H groups in total. The number of sulfonamides is 1. The fraction of sp³-hybridized carbons (Fsp3) is 0.533. The minimum atomic E-state index is -3.46. The van der Waals surface area contributed by atoms with Crippen LogP contribution in [0.1, 0.15) is 37.8 Å². The Bertz CT molecular complexity index is 666. The number of nitrogens with two attached hydrogens (primary N) is 1. The topological polar surface area (TPSA) is 63.4 Å². The predicted molar refractivity (Wildman–Crippen MR) is 88.8 cm³/mol. The van der Waals surface area contributed by atoms with Crippen molar-refractivity contribution in [2.24, 2.45) is 11.1 Å². The molecule has 21 heavy (non-hydrogen) atoms. The minimum Gasteiger partial charge on any atom is -0.389 e. The molecule has 1 heterocycles. The third kappa shape index (κ3) is 3.44. The van der Waals surface area contributed by atoms with Crippen molar-refractivity contribution in [3.8, 4) is 0 Å².